The number of phenols is 1. The van der Waals surface area contributed by atoms with Crippen molar-refractivity contribution in [3.63, 3.8) is 0 Å². The zero-order chi connectivity index (χ0) is 23.6. The van der Waals surface area contributed by atoms with Gasteiger partial charge in [0, 0.05) is 6.42 Å². The number of phenolic OH excluding ortho intramolecular Hbond substituents is 1. The summed E-state index contributed by atoms with van der Waals surface area (Å²) in [5.41, 5.74) is -1.63. The first-order valence-corrected chi connectivity index (χ1v) is 9.60. The summed E-state index contributed by atoms with van der Waals surface area (Å²) in [6.07, 6.45) is -13.9. The lowest BCUT2D eigenvalue weighted by molar-refractivity contribution is -0.278. The maximum Gasteiger partial charge on any atom is 0.433 e. The van der Waals surface area contributed by atoms with Gasteiger partial charge in [-0.2, -0.15) is 13.2 Å². The van der Waals surface area contributed by atoms with E-state index >= 15 is 0 Å². The third kappa shape index (κ3) is 4.82. The molecule has 6 N–H and O–H groups in total. The third-order valence-electron chi connectivity index (χ3n) is 5.03. The van der Waals surface area contributed by atoms with Crippen LogP contribution in [-0.4, -0.2) is 84.3 Å². The Hall–Kier alpha value is -2.42. The number of aliphatic hydroxyl groups excluding tert-OH is 5. The highest BCUT2D eigenvalue weighted by atomic mass is 19.4. The molecule has 13 heteroatoms. The van der Waals surface area contributed by atoms with Gasteiger partial charge in [0.15, 0.2) is 0 Å². The molecule has 1 aromatic carbocycles. The second-order valence-corrected chi connectivity index (χ2v) is 7.20. The van der Waals surface area contributed by atoms with Crippen LogP contribution in [0.4, 0.5) is 13.2 Å². The average Bonchev–Trinajstić information content (AvgIpc) is 3.07. The number of hydrogen-bond donors (Lipinski definition) is 6. The van der Waals surface area contributed by atoms with E-state index < -0.39 is 80.2 Å². The van der Waals surface area contributed by atoms with Crippen molar-refractivity contribution in [1.82, 2.24) is 9.78 Å². The number of aromatic nitrogens is 2. The normalized spacial score (nSPS) is 26.3. The zero-order valence-corrected chi connectivity index (χ0v) is 16.6. The van der Waals surface area contributed by atoms with Crippen LogP contribution in [0, 0.1) is 0 Å². The van der Waals surface area contributed by atoms with Crippen LogP contribution in [0.5, 0.6) is 11.6 Å². The van der Waals surface area contributed by atoms with E-state index in [-0.39, 0.29) is 11.3 Å². The van der Waals surface area contributed by atoms with Gasteiger partial charge in [-0.1, -0.05) is 18.2 Å². The van der Waals surface area contributed by atoms with Crippen LogP contribution >= 0.6 is 0 Å². The summed E-state index contributed by atoms with van der Waals surface area (Å²) in [7, 11) is 0. The Morgan fingerprint density at radius 3 is 2.34 bits per heavy atom. The zero-order valence-electron chi connectivity index (χ0n) is 16.6. The van der Waals surface area contributed by atoms with Crippen LogP contribution in [0.3, 0.4) is 0 Å². The first-order chi connectivity index (χ1) is 15.1. The Bertz CT molecular complexity index is 920. The van der Waals surface area contributed by atoms with Gasteiger partial charge in [-0.05, 0) is 11.6 Å². The average molecular weight is 464 g/mol. The summed E-state index contributed by atoms with van der Waals surface area (Å²) in [6, 6.07) is 5.69. The number of alkyl halides is 3. The molecule has 10 nitrogen and oxygen atoms in total. The van der Waals surface area contributed by atoms with Crippen LogP contribution in [-0.2, 0) is 23.9 Å². The highest BCUT2D eigenvalue weighted by Crippen LogP contribution is 2.39. The lowest BCUT2D eigenvalue weighted by atomic mass is 9.99. The molecule has 0 bridgehead atoms. The molecule has 1 aromatic heterocycles. The first kappa shape index (κ1) is 24.2. The topological polar surface area (TPSA) is 158 Å². The van der Waals surface area contributed by atoms with Gasteiger partial charge in [0.25, 0.3) is 0 Å². The highest BCUT2D eigenvalue weighted by molar-refractivity contribution is 5.42. The molecule has 0 aliphatic carbocycles. The molecule has 5 atom stereocenters. The van der Waals surface area contributed by atoms with E-state index in [2.05, 4.69) is 5.10 Å². The van der Waals surface area contributed by atoms with E-state index in [0.29, 0.717) is 4.68 Å². The fourth-order valence-electron chi connectivity index (χ4n) is 3.43. The van der Waals surface area contributed by atoms with E-state index in [1.807, 2.05) is 0 Å². The maximum atomic E-state index is 13.9. The van der Waals surface area contributed by atoms with Crippen molar-refractivity contribution in [2.24, 2.45) is 0 Å². The van der Waals surface area contributed by atoms with Gasteiger partial charge in [0.2, 0.25) is 12.2 Å². The van der Waals surface area contributed by atoms with Crippen molar-refractivity contribution in [3.05, 3.63) is 41.1 Å². The van der Waals surface area contributed by atoms with Gasteiger partial charge in [0.1, 0.15) is 35.9 Å². The van der Waals surface area contributed by atoms with Crippen LogP contribution in [0.2, 0.25) is 0 Å². The second kappa shape index (κ2) is 9.60. The summed E-state index contributed by atoms with van der Waals surface area (Å²) in [5, 5.41) is 62.2. The SMILES string of the molecule is OCCn1nc(OC2O[C@H](CO)[C@@H](O)[C@H](O)[C@H]2O)c(Cc2ccccc2O)c1C(F)(F)F. The molecule has 1 fully saturated rings. The molecule has 3 rings (SSSR count). The molecule has 1 aliphatic rings. The Morgan fingerprint density at radius 2 is 1.75 bits per heavy atom. The first-order valence-electron chi connectivity index (χ1n) is 9.60. The fraction of sp³-hybridized carbons (Fsp3) is 0.526. The maximum absolute atomic E-state index is 13.9. The number of hydrogen-bond acceptors (Lipinski definition) is 9. The van der Waals surface area contributed by atoms with Crippen molar-refractivity contribution in [3.8, 4) is 11.6 Å². The van der Waals surface area contributed by atoms with E-state index in [9.17, 15) is 43.8 Å². The minimum Gasteiger partial charge on any atom is -0.508 e. The van der Waals surface area contributed by atoms with Gasteiger partial charge in [-0.3, -0.25) is 4.68 Å². The second-order valence-electron chi connectivity index (χ2n) is 7.20. The summed E-state index contributed by atoms with van der Waals surface area (Å²) in [6.45, 7) is -1.96. The Balaban J connectivity index is 2.05. The number of nitrogens with zero attached hydrogens (tertiary/aromatic N) is 2. The summed E-state index contributed by atoms with van der Waals surface area (Å²) in [5.74, 6) is -0.896. The van der Waals surface area contributed by atoms with Gasteiger partial charge in [0.05, 0.1) is 25.3 Å². The minimum absolute atomic E-state index is 0.125. The Kier molecular flexibility index (Phi) is 7.27. The molecule has 1 unspecified atom stereocenters. The van der Waals surface area contributed by atoms with Crippen molar-refractivity contribution < 1.29 is 53.3 Å². The molecular weight excluding hydrogens is 441 g/mol. The molecule has 2 heterocycles. The lowest BCUT2D eigenvalue weighted by Gasteiger charge is -2.39. The van der Waals surface area contributed by atoms with Crippen LogP contribution in [0.1, 0.15) is 16.8 Å². The largest absolute Gasteiger partial charge is 0.508 e. The number of benzene rings is 1. The van der Waals surface area contributed by atoms with Gasteiger partial charge < -0.3 is 40.1 Å². The third-order valence-corrected chi connectivity index (χ3v) is 5.03. The predicted octanol–water partition coefficient (Wildman–Crippen LogP) is -0.631. The number of para-hydroxylation sites is 1. The number of aromatic hydroxyl groups is 1. The van der Waals surface area contributed by atoms with E-state index in [1.165, 1.54) is 24.3 Å². The fourth-order valence-corrected chi connectivity index (χ4v) is 3.43. The number of aliphatic hydroxyl groups is 5. The van der Waals surface area contributed by atoms with Gasteiger partial charge in [-0.25, -0.2) is 0 Å². The number of halogens is 3. The van der Waals surface area contributed by atoms with Gasteiger partial charge >= 0.3 is 6.18 Å². The summed E-state index contributed by atoms with van der Waals surface area (Å²) in [4.78, 5) is 0. The number of ether oxygens (including phenoxy) is 2. The van der Waals surface area contributed by atoms with Crippen LogP contribution in [0.25, 0.3) is 0 Å². The molecule has 178 valence electrons. The quantitative estimate of drug-likeness (QED) is 0.314. The highest BCUT2D eigenvalue weighted by Gasteiger charge is 2.46. The molecular formula is C19H23F3N2O8. The van der Waals surface area contributed by atoms with E-state index in [4.69, 9.17) is 9.47 Å². The summed E-state index contributed by atoms with van der Waals surface area (Å²) >= 11 is 0. The van der Waals surface area contributed by atoms with Crippen molar-refractivity contribution >= 4 is 0 Å². The smallest absolute Gasteiger partial charge is 0.433 e. The Morgan fingerprint density at radius 1 is 1.06 bits per heavy atom. The molecule has 0 radical (unpaired) electrons. The van der Waals surface area contributed by atoms with Crippen molar-refractivity contribution in [2.45, 2.75) is 49.8 Å². The molecule has 2 aromatic rings. The molecule has 0 amide bonds. The van der Waals surface area contributed by atoms with Crippen LogP contribution < -0.4 is 4.74 Å². The monoisotopic (exact) mass is 464 g/mol. The molecule has 0 spiro atoms. The number of rotatable bonds is 7. The summed E-state index contributed by atoms with van der Waals surface area (Å²) < 4.78 is 52.7. The molecule has 0 saturated carbocycles. The molecule has 32 heavy (non-hydrogen) atoms. The van der Waals surface area contributed by atoms with E-state index in [1.54, 1.807) is 0 Å². The predicted molar refractivity (Wildman–Crippen MR) is 99.6 cm³/mol. The van der Waals surface area contributed by atoms with Gasteiger partial charge in [-0.15, -0.1) is 5.10 Å². The molecule has 1 aliphatic heterocycles. The Labute approximate surface area is 179 Å². The lowest BCUT2D eigenvalue weighted by Crippen LogP contribution is -2.60. The van der Waals surface area contributed by atoms with Crippen molar-refractivity contribution in [2.75, 3.05) is 13.2 Å². The standard InChI is InChI=1S/C19H23F3N2O8/c20-19(21,22)16-10(7-9-3-1-2-4-11(9)27)17(23-24(16)5-6-25)32-18-15(30)14(29)13(28)12(8-26)31-18/h1-4,12-15,18,25-30H,5-8H2/t12-,13-,14+,15-,18?/m1/s1. The molecule has 1 saturated heterocycles. The minimum atomic E-state index is -4.92. The van der Waals surface area contributed by atoms with E-state index in [0.717, 1.165) is 0 Å². The van der Waals surface area contributed by atoms with Crippen LogP contribution in [0.15, 0.2) is 24.3 Å². The van der Waals surface area contributed by atoms with Crippen molar-refractivity contribution in [1.29, 1.82) is 0 Å².